The van der Waals surface area contributed by atoms with E-state index in [9.17, 15) is 18.3 Å². The van der Waals surface area contributed by atoms with Gasteiger partial charge in [-0.05, 0) is 36.5 Å². The molecule has 1 saturated heterocycles. The summed E-state index contributed by atoms with van der Waals surface area (Å²) in [6.07, 6.45) is -2.62. The van der Waals surface area contributed by atoms with Crippen LogP contribution < -0.4 is 4.90 Å². The number of aliphatic hydroxyl groups is 1. The normalized spacial score (nSPS) is 19.9. The van der Waals surface area contributed by atoms with Crippen LogP contribution in [0.2, 0.25) is 0 Å². The molecule has 1 aliphatic rings. The maximum Gasteiger partial charge on any atom is 0.416 e. The van der Waals surface area contributed by atoms with Gasteiger partial charge < -0.3 is 10.0 Å². The summed E-state index contributed by atoms with van der Waals surface area (Å²) >= 11 is 0. The van der Waals surface area contributed by atoms with E-state index in [1.807, 2.05) is 4.90 Å². The largest absolute Gasteiger partial charge is 0.416 e. The van der Waals surface area contributed by atoms with Gasteiger partial charge in [-0.3, -0.25) is 0 Å². The highest BCUT2D eigenvalue weighted by Crippen LogP contribution is 2.38. The Morgan fingerprint density at radius 2 is 2.05 bits per heavy atom. The van der Waals surface area contributed by atoms with Crippen molar-refractivity contribution in [3.05, 3.63) is 29.3 Å². The van der Waals surface area contributed by atoms with Crippen LogP contribution in [-0.4, -0.2) is 24.3 Å². The highest BCUT2D eigenvalue weighted by molar-refractivity contribution is 5.54. The predicted octanol–water partition coefficient (Wildman–Crippen LogP) is 3.79. The molecular formula is C15H20F3NO. The third-order valence-corrected chi connectivity index (χ3v) is 3.88. The zero-order valence-electron chi connectivity index (χ0n) is 11.7. The van der Waals surface area contributed by atoms with Crippen LogP contribution in [0, 0.1) is 0 Å². The molecule has 0 spiro atoms. The molecule has 2 rings (SSSR count). The monoisotopic (exact) mass is 287 g/mol. The van der Waals surface area contributed by atoms with Gasteiger partial charge in [-0.15, -0.1) is 0 Å². The molecule has 1 aliphatic heterocycles. The summed E-state index contributed by atoms with van der Waals surface area (Å²) in [6.45, 7) is 4.20. The first-order valence-corrected chi connectivity index (χ1v) is 6.93. The van der Waals surface area contributed by atoms with E-state index in [0.717, 1.165) is 12.8 Å². The van der Waals surface area contributed by atoms with Crippen LogP contribution in [0.3, 0.4) is 0 Å². The van der Waals surface area contributed by atoms with Crippen molar-refractivity contribution in [2.24, 2.45) is 0 Å². The Labute approximate surface area is 117 Å². The van der Waals surface area contributed by atoms with Gasteiger partial charge in [0.1, 0.15) is 0 Å². The van der Waals surface area contributed by atoms with Crippen LogP contribution >= 0.6 is 0 Å². The Balaban J connectivity index is 2.42. The molecule has 2 nitrogen and oxygen atoms in total. The topological polar surface area (TPSA) is 23.5 Å². The van der Waals surface area contributed by atoms with Crippen molar-refractivity contribution in [1.82, 2.24) is 0 Å². The van der Waals surface area contributed by atoms with Gasteiger partial charge in [-0.1, -0.05) is 19.9 Å². The van der Waals surface area contributed by atoms with Gasteiger partial charge in [0, 0.05) is 12.2 Å². The highest BCUT2D eigenvalue weighted by atomic mass is 19.4. The van der Waals surface area contributed by atoms with E-state index in [0.29, 0.717) is 17.8 Å². The maximum absolute atomic E-state index is 13.2. The van der Waals surface area contributed by atoms with E-state index in [4.69, 9.17) is 0 Å². The lowest BCUT2D eigenvalue weighted by molar-refractivity contribution is -0.138. The summed E-state index contributed by atoms with van der Waals surface area (Å²) in [5.41, 5.74) is 0.313. The first kappa shape index (κ1) is 15.2. The van der Waals surface area contributed by atoms with E-state index in [1.54, 1.807) is 26.0 Å². The molecule has 1 aromatic rings. The molecule has 0 amide bonds. The Morgan fingerprint density at radius 1 is 1.35 bits per heavy atom. The van der Waals surface area contributed by atoms with Crippen molar-refractivity contribution in [1.29, 1.82) is 0 Å². The molecule has 0 saturated carbocycles. The Kier molecular flexibility index (Phi) is 4.28. The molecule has 20 heavy (non-hydrogen) atoms. The molecule has 112 valence electrons. The molecule has 1 fully saturated rings. The molecule has 1 heterocycles. The number of benzene rings is 1. The van der Waals surface area contributed by atoms with Crippen molar-refractivity contribution in [2.45, 2.75) is 44.8 Å². The third kappa shape index (κ3) is 2.92. The van der Waals surface area contributed by atoms with Crippen LogP contribution in [0.1, 0.15) is 43.7 Å². The number of alkyl halides is 3. The van der Waals surface area contributed by atoms with Crippen LogP contribution in [-0.2, 0) is 6.18 Å². The van der Waals surface area contributed by atoms with Crippen molar-refractivity contribution in [2.75, 3.05) is 18.1 Å². The van der Waals surface area contributed by atoms with Crippen molar-refractivity contribution >= 4 is 5.69 Å². The predicted molar refractivity (Wildman–Crippen MR) is 73.0 cm³/mol. The second kappa shape index (κ2) is 5.64. The molecule has 0 aromatic heterocycles. The Morgan fingerprint density at radius 3 is 2.60 bits per heavy atom. The molecule has 0 aliphatic carbocycles. The van der Waals surface area contributed by atoms with Crippen LogP contribution in [0.4, 0.5) is 18.9 Å². The van der Waals surface area contributed by atoms with Gasteiger partial charge in [-0.25, -0.2) is 0 Å². The first-order valence-electron chi connectivity index (χ1n) is 6.93. The second-order valence-electron chi connectivity index (χ2n) is 5.60. The number of hydrogen-bond donors (Lipinski definition) is 1. The smallest absolute Gasteiger partial charge is 0.394 e. The van der Waals surface area contributed by atoms with E-state index in [-0.39, 0.29) is 18.6 Å². The molecule has 0 radical (unpaired) electrons. The number of anilines is 1. The SMILES string of the molecule is CC(C)c1ccc(N2CCC[C@H]2CO)cc1C(F)(F)F. The van der Waals surface area contributed by atoms with Gasteiger partial charge in [0.05, 0.1) is 18.2 Å². The maximum atomic E-state index is 13.2. The molecule has 5 heteroatoms. The molecular weight excluding hydrogens is 267 g/mol. The van der Waals surface area contributed by atoms with Crippen molar-refractivity contribution in [3.8, 4) is 0 Å². The van der Waals surface area contributed by atoms with Gasteiger partial charge in [0.25, 0.3) is 0 Å². The number of aliphatic hydroxyl groups excluding tert-OH is 1. The second-order valence-corrected chi connectivity index (χ2v) is 5.60. The molecule has 1 atom stereocenters. The zero-order chi connectivity index (χ0) is 14.9. The number of hydrogen-bond acceptors (Lipinski definition) is 2. The van der Waals surface area contributed by atoms with E-state index < -0.39 is 11.7 Å². The Hall–Kier alpha value is -1.23. The van der Waals surface area contributed by atoms with Crippen molar-refractivity contribution in [3.63, 3.8) is 0 Å². The van der Waals surface area contributed by atoms with E-state index >= 15 is 0 Å². The fourth-order valence-electron chi connectivity index (χ4n) is 2.84. The standard InChI is InChI=1S/C15H20F3NO/c1-10(2)13-6-5-11(8-14(13)15(16,17)18)19-7-3-4-12(19)9-20/h5-6,8,10,12,20H,3-4,7,9H2,1-2H3/t12-/m0/s1. The summed E-state index contributed by atoms with van der Waals surface area (Å²) in [4.78, 5) is 1.87. The summed E-state index contributed by atoms with van der Waals surface area (Å²) < 4.78 is 39.6. The molecule has 1 N–H and O–H groups in total. The minimum Gasteiger partial charge on any atom is -0.394 e. The lowest BCUT2D eigenvalue weighted by Crippen LogP contribution is -2.32. The minimum atomic E-state index is -4.34. The molecule has 1 aromatic carbocycles. The Bertz CT molecular complexity index is 471. The van der Waals surface area contributed by atoms with Crippen LogP contribution in [0.15, 0.2) is 18.2 Å². The van der Waals surface area contributed by atoms with Gasteiger partial charge in [0.15, 0.2) is 0 Å². The van der Waals surface area contributed by atoms with Gasteiger partial charge in [0.2, 0.25) is 0 Å². The lowest BCUT2D eigenvalue weighted by Gasteiger charge is -2.27. The summed E-state index contributed by atoms with van der Waals surface area (Å²) in [6, 6.07) is 4.46. The minimum absolute atomic E-state index is 0.0206. The molecule has 0 bridgehead atoms. The van der Waals surface area contributed by atoms with Crippen LogP contribution in [0.5, 0.6) is 0 Å². The zero-order valence-corrected chi connectivity index (χ0v) is 11.7. The third-order valence-electron chi connectivity index (χ3n) is 3.88. The number of nitrogens with zero attached hydrogens (tertiary/aromatic N) is 1. The lowest BCUT2D eigenvalue weighted by atomic mass is 9.96. The first-order chi connectivity index (χ1) is 9.34. The van der Waals surface area contributed by atoms with Gasteiger partial charge >= 0.3 is 6.18 Å². The number of halogens is 3. The summed E-state index contributed by atoms with van der Waals surface area (Å²) in [5.74, 6) is -0.173. The average molecular weight is 287 g/mol. The van der Waals surface area contributed by atoms with Crippen LogP contribution in [0.25, 0.3) is 0 Å². The summed E-state index contributed by atoms with van der Waals surface area (Å²) in [7, 11) is 0. The fraction of sp³-hybridized carbons (Fsp3) is 0.600. The number of rotatable bonds is 3. The van der Waals surface area contributed by atoms with Crippen molar-refractivity contribution < 1.29 is 18.3 Å². The average Bonchev–Trinajstić information content (AvgIpc) is 2.85. The fourth-order valence-corrected chi connectivity index (χ4v) is 2.84. The van der Waals surface area contributed by atoms with E-state index in [2.05, 4.69) is 0 Å². The molecule has 0 unspecified atom stereocenters. The van der Waals surface area contributed by atoms with Gasteiger partial charge in [-0.2, -0.15) is 13.2 Å². The van der Waals surface area contributed by atoms with E-state index in [1.165, 1.54) is 6.07 Å². The summed E-state index contributed by atoms with van der Waals surface area (Å²) in [5, 5.41) is 9.31. The highest BCUT2D eigenvalue weighted by Gasteiger charge is 2.35. The quantitative estimate of drug-likeness (QED) is 0.914.